The number of hydrogen-bond donors (Lipinski definition) is 0. The van der Waals surface area contributed by atoms with Crippen LogP contribution in [0.2, 0.25) is 0 Å². The summed E-state index contributed by atoms with van der Waals surface area (Å²) in [7, 11) is 0. The molecule has 2 aliphatic rings. The molecule has 3 rings (SSSR count). The first-order valence-corrected chi connectivity index (χ1v) is 9.18. The SMILES string of the molecule is O=C(CN1CCN(C(=O)c2cccc(F)c2)CC1)N1CCCCCC1. The van der Waals surface area contributed by atoms with Gasteiger partial charge in [-0.3, -0.25) is 14.5 Å². The second-order valence-corrected chi connectivity index (χ2v) is 6.87. The summed E-state index contributed by atoms with van der Waals surface area (Å²) < 4.78 is 13.3. The van der Waals surface area contributed by atoms with Gasteiger partial charge in [-0.15, -0.1) is 0 Å². The lowest BCUT2D eigenvalue weighted by molar-refractivity contribution is -0.132. The van der Waals surface area contributed by atoms with Gasteiger partial charge < -0.3 is 9.80 Å². The molecule has 0 saturated carbocycles. The minimum absolute atomic E-state index is 0.141. The minimum Gasteiger partial charge on any atom is -0.342 e. The Morgan fingerprint density at radius 2 is 1.56 bits per heavy atom. The van der Waals surface area contributed by atoms with E-state index in [9.17, 15) is 14.0 Å². The third-order valence-electron chi connectivity index (χ3n) is 5.05. The van der Waals surface area contributed by atoms with Crippen molar-refractivity contribution in [2.45, 2.75) is 25.7 Å². The number of amides is 2. The summed E-state index contributed by atoms with van der Waals surface area (Å²) in [5, 5.41) is 0. The zero-order chi connectivity index (χ0) is 17.6. The summed E-state index contributed by atoms with van der Waals surface area (Å²) >= 11 is 0. The molecule has 5 nitrogen and oxygen atoms in total. The number of likely N-dealkylation sites (tertiary alicyclic amines) is 1. The maximum atomic E-state index is 13.3. The Hall–Kier alpha value is -1.95. The Morgan fingerprint density at radius 3 is 2.20 bits per heavy atom. The fraction of sp³-hybridized carbons (Fsp3) is 0.579. The van der Waals surface area contributed by atoms with Gasteiger partial charge in [0.05, 0.1) is 6.54 Å². The van der Waals surface area contributed by atoms with Crippen LogP contribution in [0.25, 0.3) is 0 Å². The van der Waals surface area contributed by atoms with Gasteiger partial charge in [0.15, 0.2) is 0 Å². The first kappa shape index (κ1) is 17.9. The molecule has 0 N–H and O–H groups in total. The third kappa shape index (κ3) is 4.78. The first-order valence-electron chi connectivity index (χ1n) is 9.18. The molecule has 0 radical (unpaired) electrons. The monoisotopic (exact) mass is 347 g/mol. The van der Waals surface area contributed by atoms with Gasteiger partial charge in [0.25, 0.3) is 5.91 Å². The number of halogens is 1. The molecule has 0 atom stereocenters. The number of piperazine rings is 1. The van der Waals surface area contributed by atoms with Gasteiger partial charge in [-0.2, -0.15) is 0 Å². The number of carbonyl (C=O) groups excluding carboxylic acids is 2. The summed E-state index contributed by atoms with van der Waals surface area (Å²) in [5.41, 5.74) is 0.383. The van der Waals surface area contributed by atoms with Crippen molar-refractivity contribution in [3.8, 4) is 0 Å². The molecule has 1 aromatic rings. The maximum Gasteiger partial charge on any atom is 0.254 e. The molecule has 25 heavy (non-hydrogen) atoms. The summed E-state index contributed by atoms with van der Waals surface area (Å²) in [6.45, 7) is 4.68. The van der Waals surface area contributed by atoms with E-state index in [1.54, 1.807) is 17.0 Å². The van der Waals surface area contributed by atoms with E-state index in [0.29, 0.717) is 38.3 Å². The van der Waals surface area contributed by atoms with E-state index in [2.05, 4.69) is 4.90 Å². The first-order chi connectivity index (χ1) is 12.1. The quantitative estimate of drug-likeness (QED) is 0.840. The van der Waals surface area contributed by atoms with Crippen LogP contribution >= 0.6 is 0 Å². The highest BCUT2D eigenvalue weighted by Gasteiger charge is 2.25. The molecule has 0 aliphatic carbocycles. The van der Waals surface area contributed by atoms with Gasteiger partial charge in [-0.05, 0) is 31.0 Å². The van der Waals surface area contributed by atoms with Crippen molar-refractivity contribution in [3.63, 3.8) is 0 Å². The molecule has 0 unspecified atom stereocenters. The van der Waals surface area contributed by atoms with E-state index in [0.717, 1.165) is 25.9 Å². The smallest absolute Gasteiger partial charge is 0.254 e. The highest BCUT2D eigenvalue weighted by atomic mass is 19.1. The van der Waals surface area contributed by atoms with E-state index in [-0.39, 0.29) is 11.8 Å². The Kier molecular flexibility index (Phi) is 6.02. The van der Waals surface area contributed by atoms with E-state index in [4.69, 9.17) is 0 Å². The van der Waals surface area contributed by atoms with Crippen LogP contribution in [0.15, 0.2) is 24.3 Å². The molecule has 2 aliphatic heterocycles. The zero-order valence-electron chi connectivity index (χ0n) is 14.6. The van der Waals surface area contributed by atoms with E-state index in [1.165, 1.54) is 25.0 Å². The maximum absolute atomic E-state index is 13.3. The normalized spacial score (nSPS) is 19.6. The van der Waals surface area contributed by atoms with Crippen LogP contribution in [0, 0.1) is 5.82 Å². The molecule has 136 valence electrons. The molecule has 1 aromatic carbocycles. The molecule has 2 amide bonds. The fourth-order valence-electron chi connectivity index (χ4n) is 3.52. The Labute approximate surface area is 148 Å². The fourth-order valence-corrected chi connectivity index (χ4v) is 3.52. The molecule has 0 bridgehead atoms. The van der Waals surface area contributed by atoms with Gasteiger partial charge in [-0.1, -0.05) is 18.9 Å². The van der Waals surface area contributed by atoms with E-state index >= 15 is 0 Å². The molecule has 6 heteroatoms. The molecule has 0 spiro atoms. The molecule has 2 heterocycles. The molecule has 2 fully saturated rings. The Balaban J connectivity index is 1.48. The van der Waals surface area contributed by atoms with E-state index < -0.39 is 5.82 Å². The zero-order valence-corrected chi connectivity index (χ0v) is 14.6. The largest absolute Gasteiger partial charge is 0.342 e. The van der Waals surface area contributed by atoms with Crippen molar-refractivity contribution in [2.24, 2.45) is 0 Å². The molecular weight excluding hydrogens is 321 g/mol. The lowest BCUT2D eigenvalue weighted by atomic mass is 10.1. The van der Waals surface area contributed by atoms with Crippen LogP contribution in [0.3, 0.4) is 0 Å². The summed E-state index contributed by atoms with van der Waals surface area (Å²) in [6, 6.07) is 5.81. The summed E-state index contributed by atoms with van der Waals surface area (Å²) in [6.07, 6.45) is 4.62. The number of hydrogen-bond acceptors (Lipinski definition) is 3. The van der Waals surface area contributed by atoms with E-state index in [1.807, 2.05) is 4.90 Å². The van der Waals surface area contributed by atoms with Gasteiger partial charge in [0, 0.05) is 44.8 Å². The van der Waals surface area contributed by atoms with Crippen molar-refractivity contribution in [2.75, 3.05) is 45.8 Å². The number of carbonyl (C=O) groups is 2. The van der Waals surface area contributed by atoms with Gasteiger partial charge >= 0.3 is 0 Å². The lowest BCUT2D eigenvalue weighted by Gasteiger charge is -2.35. The van der Waals surface area contributed by atoms with Crippen LogP contribution in [-0.4, -0.2) is 72.3 Å². The standard InChI is InChI=1S/C19H26FN3O2/c20-17-7-5-6-16(14-17)19(25)23-12-10-21(11-13-23)15-18(24)22-8-3-1-2-4-9-22/h5-7,14H,1-4,8-13,15H2. The molecular formula is C19H26FN3O2. The number of rotatable bonds is 3. The second-order valence-electron chi connectivity index (χ2n) is 6.87. The van der Waals surface area contributed by atoms with Crippen LogP contribution in [-0.2, 0) is 4.79 Å². The van der Waals surface area contributed by atoms with Crippen molar-refractivity contribution < 1.29 is 14.0 Å². The van der Waals surface area contributed by atoms with Crippen molar-refractivity contribution in [1.29, 1.82) is 0 Å². The van der Waals surface area contributed by atoms with Gasteiger partial charge in [-0.25, -0.2) is 4.39 Å². The van der Waals surface area contributed by atoms with Crippen molar-refractivity contribution in [3.05, 3.63) is 35.6 Å². The predicted octanol–water partition coefficient (Wildman–Crippen LogP) is 1.99. The topological polar surface area (TPSA) is 43.9 Å². The Morgan fingerprint density at radius 1 is 0.880 bits per heavy atom. The third-order valence-corrected chi connectivity index (χ3v) is 5.05. The van der Waals surface area contributed by atoms with Crippen LogP contribution < -0.4 is 0 Å². The lowest BCUT2D eigenvalue weighted by Crippen LogP contribution is -2.51. The number of nitrogens with zero attached hydrogens (tertiary/aromatic N) is 3. The highest BCUT2D eigenvalue weighted by Crippen LogP contribution is 2.12. The highest BCUT2D eigenvalue weighted by molar-refractivity contribution is 5.94. The molecule has 0 aromatic heterocycles. The second kappa shape index (κ2) is 8.43. The summed E-state index contributed by atoms with van der Waals surface area (Å²) in [5.74, 6) is -0.336. The van der Waals surface area contributed by atoms with Gasteiger partial charge in [0.1, 0.15) is 5.82 Å². The average Bonchev–Trinajstić information content (AvgIpc) is 2.91. The number of benzene rings is 1. The van der Waals surface area contributed by atoms with Crippen LogP contribution in [0.4, 0.5) is 4.39 Å². The predicted molar refractivity (Wildman–Crippen MR) is 93.8 cm³/mol. The van der Waals surface area contributed by atoms with Crippen LogP contribution in [0.1, 0.15) is 36.0 Å². The average molecular weight is 347 g/mol. The summed E-state index contributed by atoms with van der Waals surface area (Å²) in [4.78, 5) is 30.7. The Bertz CT molecular complexity index is 606. The van der Waals surface area contributed by atoms with Crippen molar-refractivity contribution in [1.82, 2.24) is 14.7 Å². The van der Waals surface area contributed by atoms with Crippen LogP contribution in [0.5, 0.6) is 0 Å². The minimum atomic E-state index is -0.396. The van der Waals surface area contributed by atoms with Gasteiger partial charge in [0.2, 0.25) is 5.91 Å². The van der Waals surface area contributed by atoms with Crippen molar-refractivity contribution >= 4 is 11.8 Å². The molecule has 2 saturated heterocycles.